The quantitative estimate of drug-likeness (QED) is 0.833. The number of benzene rings is 1. The molecule has 4 rings (SSSR count). The number of rotatable bonds is 4. The number of ether oxygens (including phenoxy) is 1. The maximum atomic E-state index is 12.1. The fraction of sp³-hybridized carbons (Fsp3) is 0.579. The maximum absolute atomic E-state index is 12.1. The topological polar surface area (TPSA) is 67.4 Å². The molecule has 5 nitrogen and oxygen atoms in total. The van der Waals surface area contributed by atoms with Crippen LogP contribution in [0, 0.1) is 17.8 Å². The van der Waals surface area contributed by atoms with Gasteiger partial charge in [0.05, 0.1) is 13.0 Å². The summed E-state index contributed by atoms with van der Waals surface area (Å²) in [6, 6.07) is 8.63. The molecule has 3 aliphatic carbocycles. The average Bonchev–Trinajstić information content (AvgIpc) is 2.94. The summed E-state index contributed by atoms with van der Waals surface area (Å²) in [5, 5.41) is 6.02. The molecule has 0 saturated heterocycles. The molecule has 1 aromatic carbocycles. The van der Waals surface area contributed by atoms with Gasteiger partial charge in [0, 0.05) is 12.6 Å². The molecular formula is C19H24N2O3. The number of carbonyl (C=O) groups is 2. The Morgan fingerprint density at radius 2 is 2.08 bits per heavy atom. The second-order valence-electron chi connectivity index (χ2n) is 7.34. The molecule has 0 bridgehead atoms. The first-order valence-electron chi connectivity index (χ1n) is 8.87. The Bertz CT molecular complexity index is 660. The van der Waals surface area contributed by atoms with Crippen LogP contribution in [0.4, 0.5) is 4.79 Å². The number of carbonyl (C=O) groups excluding carboxylic acids is 2. The molecule has 2 saturated carbocycles. The van der Waals surface area contributed by atoms with Crippen molar-refractivity contribution in [1.82, 2.24) is 10.6 Å². The summed E-state index contributed by atoms with van der Waals surface area (Å²) in [5.41, 5.74) is 2.96. The largest absolute Gasteiger partial charge is 0.469 e. The first-order valence-corrected chi connectivity index (χ1v) is 8.87. The predicted octanol–water partition coefficient (Wildman–Crippen LogP) is 2.21. The standard InChI is InChI=1S/C19H24N2O3/c1-24-18(22)12-6-7-13(8-12)21-19(23)20-10-16-15-9-11-4-2-3-5-14(11)17(15)16/h2-5,12-13,15-17H,6-10H2,1H3,(H2,20,21,23)/t12-,13+,15-,16+,17-/m0/s1. The van der Waals surface area contributed by atoms with Crippen LogP contribution < -0.4 is 10.6 Å². The van der Waals surface area contributed by atoms with Crippen LogP contribution in [0.25, 0.3) is 0 Å². The Morgan fingerprint density at radius 1 is 1.25 bits per heavy atom. The molecule has 0 aliphatic heterocycles. The summed E-state index contributed by atoms with van der Waals surface area (Å²) in [5.74, 6) is 1.69. The third-order valence-electron chi connectivity index (χ3n) is 6.00. The summed E-state index contributed by atoms with van der Waals surface area (Å²) in [7, 11) is 1.42. The second kappa shape index (κ2) is 6.11. The smallest absolute Gasteiger partial charge is 0.315 e. The molecule has 5 heteroatoms. The molecule has 24 heavy (non-hydrogen) atoms. The van der Waals surface area contributed by atoms with Crippen molar-refractivity contribution in [2.45, 2.75) is 37.6 Å². The third kappa shape index (κ3) is 2.76. The van der Waals surface area contributed by atoms with Crippen molar-refractivity contribution >= 4 is 12.0 Å². The SMILES string of the molecule is COC(=O)[C@H]1CC[C@@H](NC(=O)NC[C@@H]2[C@@H]3Cc4ccccc4[C@H]23)C1. The lowest BCUT2D eigenvalue weighted by atomic mass is 10.0. The van der Waals surface area contributed by atoms with Gasteiger partial charge in [-0.3, -0.25) is 4.79 Å². The first kappa shape index (κ1) is 15.5. The van der Waals surface area contributed by atoms with Gasteiger partial charge in [-0.1, -0.05) is 24.3 Å². The minimum Gasteiger partial charge on any atom is -0.469 e. The van der Waals surface area contributed by atoms with E-state index in [-0.39, 0.29) is 24.0 Å². The molecule has 0 spiro atoms. The van der Waals surface area contributed by atoms with E-state index < -0.39 is 0 Å². The Balaban J connectivity index is 1.21. The number of methoxy groups -OCH3 is 1. The summed E-state index contributed by atoms with van der Waals surface area (Å²) in [4.78, 5) is 23.6. The normalized spacial score (nSPS) is 32.6. The highest BCUT2D eigenvalue weighted by Gasteiger charge is 2.55. The maximum Gasteiger partial charge on any atom is 0.315 e. The highest BCUT2D eigenvalue weighted by atomic mass is 16.5. The van der Waals surface area contributed by atoms with Crippen molar-refractivity contribution in [2.75, 3.05) is 13.7 Å². The van der Waals surface area contributed by atoms with Gasteiger partial charge < -0.3 is 15.4 Å². The lowest BCUT2D eigenvalue weighted by Crippen LogP contribution is -2.42. The fourth-order valence-electron chi connectivity index (χ4n) is 4.70. The molecule has 0 radical (unpaired) electrons. The van der Waals surface area contributed by atoms with E-state index in [0.29, 0.717) is 24.2 Å². The molecule has 5 atom stereocenters. The van der Waals surface area contributed by atoms with Gasteiger partial charge in [-0.25, -0.2) is 4.79 Å². The molecule has 0 aromatic heterocycles. The van der Waals surface area contributed by atoms with Crippen molar-refractivity contribution in [3.8, 4) is 0 Å². The van der Waals surface area contributed by atoms with Gasteiger partial charge in [0.1, 0.15) is 0 Å². The first-order chi connectivity index (χ1) is 11.7. The van der Waals surface area contributed by atoms with Crippen LogP contribution in [-0.4, -0.2) is 31.7 Å². The zero-order valence-electron chi connectivity index (χ0n) is 14.0. The van der Waals surface area contributed by atoms with Crippen LogP contribution in [0.15, 0.2) is 24.3 Å². The molecule has 2 fully saturated rings. The van der Waals surface area contributed by atoms with Crippen LogP contribution >= 0.6 is 0 Å². The van der Waals surface area contributed by atoms with Gasteiger partial charge >= 0.3 is 12.0 Å². The number of nitrogens with one attached hydrogen (secondary N) is 2. The molecule has 0 heterocycles. The predicted molar refractivity (Wildman–Crippen MR) is 89.5 cm³/mol. The Morgan fingerprint density at radius 3 is 2.92 bits per heavy atom. The zero-order chi connectivity index (χ0) is 16.7. The average molecular weight is 328 g/mol. The second-order valence-corrected chi connectivity index (χ2v) is 7.34. The van der Waals surface area contributed by atoms with Crippen LogP contribution in [0.1, 0.15) is 36.3 Å². The molecule has 1 aromatic rings. The minimum absolute atomic E-state index is 0.0698. The van der Waals surface area contributed by atoms with Crippen molar-refractivity contribution in [2.24, 2.45) is 17.8 Å². The highest BCUT2D eigenvalue weighted by Crippen LogP contribution is 2.60. The van der Waals surface area contributed by atoms with E-state index in [4.69, 9.17) is 4.74 Å². The monoisotopic (exact) mass is 328 g/mol. The molecule has 2 amide bonds. The Labute approximate surface area is 142 Å². The molecular weight excluding hydrogens is 304 g/mol. The van der Waals surface area contributed by atoms with Gasteiger partial charge in [0.15, 0.2) is 0 Å². The highest BCUT2D eigenvalue weighted by molar-refractivity contribution is 5.75. The van der Waals surface area contributed by atoms with E-state index in [2.05, 4.69) is 34.9 Å². The van der Waals surface area contributed by atoms with Crippen molar-refractivity contribution in [1.29, 1.82) is 0 Å². The Kier molecular flexibility index (Phi) is 3.94. The number of urea groups is 1. The van der Waals surface area contributed by atoms with Gasteiger partial charge in [-0.15, -0.1) is 0 Å². The van der Waals surface area contributed by atoms with Gasteiger partial charge in [0.25, 0.3) is 0 Å². The van der Waals surface area contributed by atoms with E-state index in [1.54, 1.807) is 0 Å². The Hall–Kier alpha value is -2.04. The third-order valence-corrected chi connectivity index (χ3v) is 6.00. The molecule has 128 valence electrons. The summed E-state index contributed by atoms with van der Waals surface area (Å²) < 4.78 is 4.78. The fourth-order valence-corrected chi connectivity index (χ4v) is 4.70. The number of amides is 2. The van der Waals surface area contributed by atoms with E-state index in [1.165, 1.54) is 18.2 Å². The van der Waals surface area contributed by atoms with Crippen LogP contribution in [-0.2, 0) is 16.0 Å². The van der Waals surface area contributed by atoms with Crippen LogP contribution in [0.2, 0.25) is 0 Å². The van der Waals surface area contributed by atoms with Crippen molar-refractivity contribution in [3.63, 3.8) is 0 Å². The zero-order valence-corrected chi connectivity index (χ0v) is 14.0. The van der Waals surface area contributed by atoms with Crippen molar-refractivity contribution < 1.29 is 14.3 Å². The van der Waals surface area contributed by atoms with Gasteiger partial charge in [-0.05, 0) is 54.6 Å². The van der Waals surface area contributed by atoms with Crippen LogP contribution in [0.3, 0.4) is 0 Å². The van der Waals surface area contributed by atoms with E-state index in [0.717, 1.165) is 25.8 Å². The lowest BCUT2D eigenvalue weighted by molar-refractivity contribution is -0.145. The van der Waals surface area contributed by atoms with E-state index >= 15 is 0 Å². The van der Waals surface area contributed by atoms with E-state index in [1.807, 2.05) is 0 Å². The van der Waals surface area contributed by atoms with Gasteiger partial charge in [0.2, 0.25) is 0 Å². The van der Waals surface area contributed by atoms with E-state index in [9.17, 15) is 9.59 Å². The number of hydrogen-bond acceptors (Lipinski definition) is 3. The van der Waals surface area contributed by atoms with Crippen LogP contribution in [0.5, 0.6) is 0 Å². The summed E-state index contributed by atoms with van der Waals surface area (Å²) in [6.07, 6.45) is 3.47. The number of fused-ring (bicyclic) bond motifs is 3. The summed E-state index contributed by atoms with van der Waals surface area (Å²) in [6.45, 7) is 0.739. The van der Waals surface area contributed by atoms with Crippen molar-refractivity contribution in [3.05, 3.63) is 35.4 Å². The molecule has 2 N–H and O–H groups in total. The number of hydrogen-bond donors (Lipinski definition) is 2. The molecule has 0 unspecified atom stereocenters. The lowest BCUT2D eigenvalue weighted by Gasteiger charge is -2.14. The minimum atomic E-state index is -0.163. The van der Waals surface area contributed by atoms with Gasteiger partial charge in [-0.2, -0.15) is 0 Å². The molecule has 3 aliphatic rings. The summed E-state index contributed by atoms with van der Waals surface area (Å²) >= 11 is 0. The number of esters is 1.